The van der Waals surface area contributed by atoms with Gasteiger partial charge in [0.05, 0.1) is 0 Å². The summed E-state index contributed by atoms with van der Waals surface area (Å²) in [6, 6.07) is 10.4. The molecule has 0 amide bonds. The molecule has 220 valence electrons. The van der Waals surface area contributed by atoms with Crippen LogP contribution in [0.25, 0.3) is 0 Å². The van der Waals surface area contributed by atoms with Gasteiger partial charge in [0, 0.05) is 0 Å². The number of ether oxygens (including phenoxy) is 2. The molecule has 39 heavy (non-hydrogen) atoms. The molecule has 2 aromatic carbocycles. The van der Waals surface area contributed by atoms with Gasteiger partial charge in [0.2, 0.25) is 0 Å². The zero-order valence-corrected chi connectivity index (χ0v) is 27.2. The molecule has 0 saturated heterocycles. The molecule has 2 nitrogen and oxygen atoms in total. The summed E-state index contributed by atoms with van der Waals surface area (Å²) in [6.07, 6.45) is 12.9. The molecule has 2 aromatic rings. The van der Waals surface area contributed by atoms with E-state index in [4.69, 9.17) is 9.47 Å². The standard InChI is InChI=1S/C37H60O2/c1-11-37(10,25-17-22-29(5)21-16-20-28(4)19-15-18-27(2)3)39-36-32(8)30(6)35(31(7)33(36)9)38-26-34-23-13-12-14-24-34/h12-14,23-24,27-29H,11,15-22,25-26H2,1-10H3/t28-,29-,37?/m1/s1. The maximum atomic E-state index is 6.89. The van der Waals surface area contributed by atoms with Gasteiger partial charge in [0.1, 0.15) is 23.7 Å². The maximum Gasteiger partial charge on any atom is 0.126 e. The van der Waals surface area contributed by atoms with Gasteiger partial charge in [0.15, 0.2) is 0 Å². The van der Waals surface area contributed by atoms with E-state index in [2.05, 4.69) is 93.5 Å². The zero-order chi connectivity index (χ0) is 29.0. The van der Waals surface area contributed by atoms with Crippen LogP contribution in [-0.2, 0) is 6.61 Å². The van der Waals surface area contributed by atoms with Crippen molar-refractivity contribution in [2.24, 2.45) is 17.8 Å². The third kappa shape index (κ3) is 10.8. The number of hydrogen-bond donors (Lipinski definition) is 0. The van der Waals surface area contributed by atoms with E-state index in [1.165, 1.54) is 79.2 Å². The molecule has 0 aliphatic rings. The Balaban J connectivity index is 1.90. The lowest BCUT2D eigenvalue weighted by atomic mass is 9.89. The van der Waals surface area contributed by atoms with Gasteiger partial charge < -0.3 is 9.47 Å². The topological polar surface area (TPSA) is 18.5 Å². The van der Waals surface area contributed by atoms with Gasteiger partial charge in [-0.2, -0.15) is 0 Å². The molecule has 2 rings (SSSR count). The average Bonchev–Trinajstić information content (AvgIpc) is 2.90. The van der Waals surface area contributed by atoms with Crippen LogP contribution < -0.4 is 9.47 Å². The van der Waals surface area contributed by atoms with Crippen molar-refractivity contribution in [3.05, 3.63) is 58.1 Å². The first-order valence-electron chi connectivity index (χ1n) is 15.9. The van der Waals surface area contributed by atoms with Gasteiger partial charge in [-0.3, -0.25) is 0 Å². The van der Waals surface area contributed by atoms with Crippen LogP contribution in [0.5, 0.6) is 11.5 Å². The van der Waals surface area contributed by atoms with E-state index in [0.717, 1.165) is 42.1 Å². The Labute approximate surface area is 242 Å². The van der Waals surface area contributed by atoms with Crippen LogP contribution in [0, 0.1) is 45.4 Å². The van der Waals surface area contributed by atoms with Crippen LogP contribution in [-0.4, -0.2) is 5.60 Å². The minimum atomic E-state index is -0.147. The molecule has 2 heteroatoms. The van der Waals surface area contributed by atoms with Crippen molar-refractivity contribution in [3.8, 4) is 11.5 Å². The van der Waals surface area contributed by atoms with E-state index in [0.29, 0.717) is 6.61 Å². The summed E-state index contributed by atoms with van der Waals surface area (Å²) in [5.74, 6) is 4.57. The number of benzene rings is 2. The molecule has 0 radical (unpaired) electrons. The van der Waals surface area contributed by atoms with Gasteiger partial charge >= 0.3 is 0 Å². The summed E-state index contributed by atoms with van der Waals surface area (Å²) in [5.41, 5.74) is 5.83. The minimum absolute atomic E-state index is 0.147. The monoisotopic (exact) mass is 536 g/mol. The maximum absolute atomic E-state index is 6.89. The molecule has 1 unspecified atom stereocenters. The largest absolute Gasteiger partial charge is 0.488 e. The Morgan fingerprint density at radius 3 is 1.67 bits per heavy atom. The van der Waals surface area contributed by atoms with Crippen molar-refractivity contribution < 1.29 is 9.47 Å². The van der Waals surface area contributed by atoms with E-state index in [1.807, 2.05) is 6.07 Å². The highest BCUT2D eigenvalue weighted by Gasteiger charge is 2.27. The molecule has 0 fully saturated rings. The third-order valence-electron chi connectivity index (χ3n) is 9.08. The first-order chi connectivity index (χ1) is 18.5. The Morgan fingerprint density at radius 2 is 1.15 bits per heavy atom. The van der Waals surface area contributed by atoms with Crippen LogP contribution in [0.3, 0.4) is 0 Å². The van der Waals surface area contributed by atoms with Crippen LogP contribution in [0.2, 0.25) is 0 Å². The Bertz CT molecular complexity index is 948. The smallest absolute Gasteiger partial charge is 0.126 e. The van der Waals surface area contributed by atoms with Gasteiger partial charge in [-0.05, 0) is 99.5 Å². The van der Waals surface area contributed by atoms with Crippen LogP contribution in [0.15, 0.2) is 30.3 Å². The second kappa shape index (κ2) is 16.3. The summed E-state index contributed by atoms with van der Waals surface area (Å²) in [7, 11) is 0. The molecule has 0 bridgehead atoms. The molecular formula is C37H60O2. The van der Waals surface area contributed by atoms with Crippen molar-refractivity contribution in [1.82, 2.24) is 0 Å². The highest BCUT2D eigenvalue weighted by molar-refractivity contribution is 5.57. The Kier molecular flexibility index (Phi) is 13.9. The summed E-state index contributed by atoms with van der Waals surface area (Å²) in [6.45, 7) is 23.5. The molecule has 0 aliphatic carbocycles. The quantitative estimate of drug-likeness (QED) is 0.189. The van der Waals surface area contributed by atoms with E-state index >= 15 is 0 Å². The third-order valence-corrected chi connectivity index (χ3v) is 9.08. The Morgan fingerprint density at radius 1 is 0.667 bits per heavy atom. The molecule has 0 N–H and O–H groups in total. The van der Waals surface area contributed by atoms with E-state index in [1.54, 1.807) is 0 Å². The highest BCUT2D eigenvalue weighted by atomic mass is 16.5. The zero-order valence-electron chi connectivity index (χ0n) is 27.2. The van der Waals surface area contributed by atoms with Gasteiger partial charge in [-0.1, -0.05) is 110 Å². The SMILES string of the molecule is CCC(C)(CCC[C@H](C)CCC[C@H](C)CCCC(C)C)Oc1c(C)c(C)c(OCc2ccccc2)c(C)c1C. The summed E-state index contributed by atoms with van der Waals surface area (Å²) < 4.78 is 13.2. The van der Waals surface area contributed by atoms with E-state index < -0.39 is 0 Å². The van der Waals surface area contributed by atoms with Crippen LogP contribution >= 0.6 is 0 Å². The lowest BCUT2D eigenvalue weighted by Crippen LogP contribution is -2.32. The molecule has 0 saturated carbocycles. The highest BCUT2D eigenvalue weighted by Crippen LogP contribution is 2.40. The predicted molar refractivity (Wildman–Crippen MR) is 170 cm³/mol. The summed E-state index contributed by atoms with van der Waals surface area (Å²) >= 11 is 0. The molecule has 0 aromatic heterocycles. The van der Waals surface area contributed by atoms with Gasteiger partial charge in [-0.25, -0.2) is 0 Å². The van der Waals surface area contributed by atoms with Crippen molar-refractivity contribution in [1.29, 1.82) is 0 Å². The lowest BCUT2D eigenvalue weighted by molar-refractivity contribution is 0.0687. The average molecular weight is 537 g/mol. The van der Waals surface area contributed by atoms with Gasteiger partial charge in [0.25, 0.3) is 0 Å². The van der Waals surface area contributed by atoms with E-state index in [-0.39, 0.29) is 5.60 Å². The van der Waals surface area contributed by atoms with Crippen molar-refractivity contribution in [2.45, 2.75) is 146 Å². The first kappa shape index (κ1) is 33.2. The summed E-state index contributed by atoms with van der Waals surface area (Å²) in [5, 5.41) is 0. The number of hydrogen-bond acceptors (Lipinski definition) is 2. The number of rotatable bonds is 18. The fourth-order valence-electron chi connectivity index (χ4n) is 5.69. The first-order valence-corrected chi connectivity index (χ1v) is 15.9. The second-order valence-electron chi connectivity index (χ2n) is 13.2. The molecule has 3 atom stereocenters. The lowest BCUT2D eigenvalue weighted by Gasteiger charge is -2.33. The minimum Gasteiger partial charge on any atom is -0.488 e. The molecular weight excluding hydrogens is 476 g/mol. The van der Waals surface area contributed by atoms with Gasteiger partial charge in [-0.15, -0.1) is 0 Å². The molecule has 0 heterocycles. The Hall–Kier alpha value is -1.96. The predicted octanol–water partition coefficient (Wildman–Crippen LogP) is 11.5. The fourth-order valence-corrected chi connectivity index (χ4v) is 5.69. The fraction of sp³-hybridized carbons (Fsp3) is 0.676. The van der Waals surface area contributed by atoms with E-state index in [9.17, 15) is 0 Å². The van der Waals surface area contributed by atoms with Crippen molar-refractivity contribution in [3.63, 3.8) is 0 Å². The normalized spacial score (nSPS) is 14.7. The van der Waals surface area contributed by atoms with Crippen LogP contribution in [0.1, 0.15) is 134 Å². The molecule has 0 aliphatic heterocycles. The second-order valence-corrected chi connectivity index (χ2v) is 13.2. The van der Waals surface area contributed by atoms with Crippen LogP contribution in [0.4, 0.5) is 0 Å². The van der Waals surface area contributed by atoms with Crippen molar-refractivity contribution in [2.75, 3.05) is 0 Å². The van der Waals surface area contributed by atoms with Crippen molar-refractivity contribution >= 4 is 0 Å². The summed E-state index contributed by atoms with van der Waals surface area (Å²) in [4.78, 5) is 0. The molecule has 0 spiro atoms.